The standard InChI is InChI=1S/C10H21NO2.C10H20O2.H4N2.H2O/c1-9(5-6-11)8-13-10-4-2-3-7-12-10;1-3-9(2)8-12-10-6-4-5-7-11-10;1-2;/h9-10H,2-8,11H2,1H3;9-10H,3-8H2,1-2H3;1-2H2;1H2/t2*9-,10?;;/m11../s1. The molecular formula is C20H47N3O5. The molecular weight excluding hydrogens is 362 g/mol. The summed E-state index contributed by atoms with van der Waals surface area (Å²) in [6.45, 7) is 10.7. The zero-order valence-corrected chi connectivity index (χ0v) is 18.4. The SMILES string of the molecule is CC[C@@H](C)COC1CCCCO1.C[C@H](CCN)COC1CCCCO1.NN.O. The van der Waals surface area contributed by atoms with Crippen molar-refractivity contribution in [3.8, 4) is 0 Å². The van der Waals surface area contributed by atoms with Crippen molar-refractivity contribution in [3.05, 3.63) is 0 Å². The topological polar surface area (TPSA) is 146 Å². The molecule has 0 radical (unpaired) electrons. The summed E-state index contributed by atoms with van der Waals surface area (Å²) in [6, 6.07) is 0. The fourth-order valence-electron chi connectivity index (χ4n) is 2.71. The molecule has 0 saturated carbocycles. The fraction of sp³-hybridized carbons (Fsp3) is 1.00. The van der Waals surface area contributed by atoms with Crippen molar-refractivity contribution in [2.75, 3.05) is 33.0 Å². The molecule has 2 aliphatic heterocycles. The van der Waals surface area contributed by atoms with Crippen LogP contribution in [0.25, 0.3) is 0 Å². The third-order valence-electron chi connectivity index (χ3n) is 4.77. The van der Waals surface area contributed by atoms with E-state index in [1.54, 1.807) is 0 Å². The van der Waals surface area contributed by atoms with Gasteiger partial charge in [0, 0.05) is 13.2 Å². The molecule has 0 bridgehead atoms. The molecule has 0 spiro atoms. The van der Waals surface area contributed by atoms with Gasteiger partial charge in [-0.2, -0.15) is 0 Å². The molecule has 2 fully saturated rings. The van der Waals surface area contributed by atoms with Crippen molar-refractivity contribution < 1.29 is 24.4 Å². The van der Waals surface area contributed by atoms with Gasteiger partial charge in [-0.25, -0.2) is 0 Å². The third kappa shape index (κ3) is 16.6. The Morgan fingerprint density at radius 3 is 1.68 bits per heavy atom. The van der Waals surface area contributed by atoms with E-state index < -0.39 is 0 Å². The van der Waals surface area contributed by atoms with Crippen molar-refractivity contribution in [1.29, 1.82) is 0 Å². The maximum atomic E-state index is 5.62. The average Bonchev–Trinajstić information content (AvgIpc) is 2.74. The molecule has 0 amide bonds. The van der Waals surface area contributed by atoms with Gasteiger partial charge in [0.25, 0.3) is 0 Å². The second-order valence-corrected chi connectivity index (χ2v) is 7.45. The Labute approximate surface area is 172 Å². The summed E-state index contributed by atoms with van der Waals surface area (Å²) in [5.41, 5.74) is 5.45. The van der Waals surface area contributed by atoms with Gasteiger partial charge in [0.1, 0.15) is 0 Å². The summed E-state index contributed by atoms with van der Waals surface area (Å²) >= 11 is 0. The molecule has 8 N–H and O–H groups in total. The van der Waals surface area contributed by atoms with Crippen LogP contribution in [0.2, 0.25) is 0 Å². The smallest absolute Gasteiger partial charge is 0.157 e. The highest BCUT2D eigenvalue weighted by Gasteiger charge is 2.15. The Balaban J connectivity index is 0. The van der Waals surface area contributed by atoms with E-state index in [4.69, 9.17) is 24.7 Å². The van der Waals surface area contributed by atoms with Crippen LogP contribution >= 0.6 is 0 Å². The Morgan fingerprint density at radius 2 is 1.32 bits per heavy atom. The van der Waals surface area contributed by atoms with E-state index in [9.17, 15) is 0 Å². The highest BCUT2D eigenvalue weighted by molar-refractivity contribution is 4.57. The summed E-state index contributed by atoms with van der Waals surface area (Å²) in [6.07, 6.45) is 9.36. The highest BCUT2D eigenvalue weighted by Crippen LogP contribution is 2.16. The molecule has 2 unspecified atom stereocenters. The molecule has 28 heavy (non-hydrogen) atoms. The fourth-order valence-corrected chi connectivity index (χ4v) is 2.71. The predicted octanol–water partition coefficient (Wildman–Crippen LogP) is 2.08. The van der Waals surface area contributed by atoms with Gasteiger partial charge >= 0.3 is 0 Å². The third-order valence-corrected chi connectivity index (χ3v) is 4.77. The molecule has 0 aromatic rings. The van der Waals surface area contributed by atoms with Crippen LogP contribution in [-0.2, 0) is 18.9 Å². The second kappa shape index (κ2) is 21.4. The second-order valence-electron chi connectivity index (χ2n) is 7.45. The molecule has 2 saturated heterocycles. The van der Waals surface area contributed by atoms with Gasteiger partial charge in [-0.05, 0) is 63.3 Å². The molecule has 2 rings (SSSR count). The lowest BCUT2D eigenvalue weighted by atomic mass is 10.1. The van der Waals surface area contributed by atoms with Crippen molar-refractivity contribution in [2.24, 2.45) is 29.3 Å². The quantitative estimate of drug-likeness (QED) is 0.390. The van der Waals surface area contributed by atoms with Crippen molar-refractivity contribution in [2.45, 2.75) is 84.7 Å². The van der Waals surface area contributed by atoms with Crippen LogP contribution in [0.4, 0.5) is 0 Å². The van der Waals surface area contributed by atoms with Gasteiger partial charge in [0.2, 0.25) is 0 Å². The molecule has 172 valence electrons. The molecule has 2 heterocycles. The monoisotopic (exact) mass is 409 g/mol. The van der Waals surface area contributed by atoms with Crippen molar-refractivity contribution in [1.82, 2.24) is 0 Å². The van der Waals surface area contributed by atoms with E-state index in [2.05, 4.69) is 32.5 Å². The predicted molar refractivity (Wildman–Crippen MR) is 113 cm³/mol. The Hall–Kier alpha value is -0.320. The van der Waals surface area contributed by atoms with Gasteiger partial charge in [-0.1, -0.05) is 27.2 Å². The Morgan fingerprint density at radius 1 is 0.857 bits per heavy atom. The van der Waals surface area contributed by atoms with Gasteiger partial charge in [0.15, 0.2) is 12.6 Å². The minimum atomic E-state index is 0. The summed E-state index contributed by atoms with van der Waals surface area (Å²) in [5, 5.41) is 0. The number of ether oxygens (including phenoxy) is 4. The maximum absolute atomic E-state index is 5.62. The highest BCUT2D eigenvalue weighted by atomic mass is 16.7. The molecule has 0 aliphatic carbocycles. The zero-order valence-electron chi connectivity index (χ0n) is 18.4. The largest absolute Gasteiger partial charge is 0.412 e. The first-order valence-electron chi connectivity index (χ1n) is 10.7. The number of nitrogens with two attached hydrogens (primary N) is 3. The van der Waals surface area contributed by atoms with E-state index >= 15 is 0 Å². The van der Waals surface area contributed by atoms with E-state index in [1.807, 2.05) is 0 Å². The lowest BCUT2D eigenvalue weighted by molar-refractivity contribution is -0.168. The van der Waals surface area contributed by atoms with E-state index in [0.717, 1.165) is 52.2 Å². The Bertz CT molecular complexity index is 302. The molecule has 8 heteroatoms. The van der Waals surface area contributed by atoms with Crippen LogP contribution < -0.4 is 17.4 Å². The van der Waals surface area contributed by atoms with Crippen molar-refractivity contribution in [3.63, 3.8) is 0 Å². The van der Waals surface area contributed by atoms with Gasteiger partial charge in [-0.3, -0.25) is 11.7 Å². The molecule has 0 aromatic heterocycles. The first kappa shape index (κ1) is 29.9. The first-order valence-corrected chi connectivity index (χ1v) is 10.7. The minimum absolute atomic E-state index is 0. The summed E-state index contributed by atoms with van der Waals surface area (Å²) in [4.78, 5) is 0. The minimum Gasteiger partial charge on any atom is -0.412 e. The van der Waals surface area contributed by atoms with E-state index in [0.29, 0.717) is 11.8 Å². The maximum Gasteiger partial charge on any atom is 0.157 e. The van der Waals surface area contributed by atoms with Crippen LogP contribution in [0.1, 0.15) is 72.1 Å². The van der Waals surface area contributed by atoms with Gasteiger partial charge in [-0.15, -0.1) is 0 Å². The molecule has 8 nitrogen and oxygen atoms in total. The molecule has 2 aliphatic rings. The number of rotatable bonds is 9. The number of hydrazine groups is 1. The summed E-state index contributed by atoms with van der Waals surface area (Å²) in [5.74, 6) is 9.21. The van der Waals surface area contributed by atoms with E-state index in [-0.39, 0.29) is 18.1 Å². The zero-order chi connectivity index (χ0) is 20.3. The van der Waals surface area contributed by atoms with Gasteiger partial charge < -0.3 is 30.2 Å². The number of hydrogen-bond donors (Lipinski definition) is 3. The van der Waals surface area contributed by atoms with Crippen LogP contribution in [0.3, 0.4) is 0 Å². The normalized spacial score (nSPS) is 23.8. The van der Waals surface area contributed by atoms with E-state index in [1.165, 1.54) is 32.1 Å². The molecule has 0 aromatic carbocycles. The Kier molecular flexibility index (Phi) is 22.8. The van der Waals surface area contributed by atoms with Crippen LogP contribution in [0.15, 0.2) is 0 Å². The first-order chi connectivity index (χ1) is 13.2. The lowest BCUT2D eigenvalue weighted by Gasteiger charge is -2.24. The summed E-state index contributed by atoms with van der Waals surface area (Å²) < 4.78 is 22.1. The summed E-state index contributed by atoms with van der Waals surface area (Å²) in [7, 11) is 0. The van der Waals surface area contributed by atoms with Crippen LogP contribution in [0, 0.1) is 11.8 Å². The van der Waals surface area contributed by atoms with Crippen LogP contribution in [-0.4, -0.2) is 51.0 Å². The number of hydrogen-bond acceptors (Lipinski definition) is 7. The molecule has 4 atom stereocenters. The van der Waals surface area contributed by atoms with Crippen LogP contribution in [0.5, 0.6) is 0 Å². The van der Waals surface area contributed by atoms with Gasteiger partial charge in [0.05, 0.1) is 13.2 Å². The average molecular weight is 410 g/mol. The lowest BCUT2D eigenvalue weighted by Crippen LogP contribution is -2.25. The van der Waals surface area contributed by atoms with Crippen molar-refractivity contribution >= 4 is 0 Å².